The third-order valence-corrected chi connectivity index (χ3v) is 7.23. The van der Waals surface area contributed by atoms with Gasteiger partial charge in [0.15, 0.2) is 0 Å². The minimum Gasteiger partial charge on any atom is -0.309 e. The highest BCUT2D eigenvalue weighted by molar-refractivity contribution is 5.95. The molecule has 0 aromatic carbocycles. The molecule has 4 amide bonds. The van der Waals surface area contributed by atoms with Crippen LogP contribution in [-0.2, 0) is 19.2 Å². The van der Waals surface area contributed by atoms with E-state index in [9.17, 15) is 19.2 Å². The van der Waals surface area contributed by atoms with Gasteiger partial charge in [0.25, 0.3) is 0 Å². The normalized spacial score (nSPS) is 12.7. The molecule has 0 rings (SSSR count). The zero-order valence-electron chi connectivity index (χ0n) is 26.8. The summed E-state index contributed by atoms with van der Waals surface area (Å²) in [6.07, 6.45) is 6.57. The van der Waals surface area contributed by atoms with Crippen LogP contribution in [0, 0.1) is 23.7 Å². The number of amides is 4. The third-order valence-electron chi connectivity index (χ3n) is 7.23. The van der Waals surface area contributed by atoms with Crippen molar-refractivity contribution in [3.8, 4) is 0 Å². The maximum atomic E-state index is 12.3. The molecule has 0 heterocycles. The fraction of sp³-hybridized carbons (Fsp3) is 0.871. The molecular weight excluding hydrogens is 478 g/mol. The molecule has 38 heavy (non-hydrogen) atoms. The Morgan fingerprint density at radius 1 is 0.553 bits per heavy atom. The van der Waals surface area contributed by atoms with Gasteiger partial charge in [-0.1, -0.05) is 68.2 Å². The number of carbonyl (C=O) groups is 4. The molecule has 0 aliphatic carbocycles. The summed E-state index contributed by atoms with van der Waals surface area (Å²) in [5.74, 6) is 1.53. The van der Waals surface area contributed by atoms with E-state index >= 15 is 0 Å². The van der Waals surface area contributed by atoms with E-state index in [-0.39, 0.29) is 23.6 Å². The summed E-state index contributed by atoms with van der Waals surface area (Å²) in [6, 6.07) is 0. The molecule has 0 aliphatic rings. The zero-order valence-corrected chi connectivity index (χ0v) is 26.8. The fourth-order valence-corrected chi connectivity index (χ4v) is 3.68. The SMILES string of the molecule is CCCC(=O)N(CCCN(C)C)C(=O)C[C@@H](C)C(C)C.CCCCCC(=O)N(CC)C(=O)C[C@@H](C)C(C)C. The highest BCUT2D eigenvalue weighted by atomic mass is 16.2. The highest BCUT2D eigenvalue weighted by Crippen LogP contribution is 2.17. The predicted octanol–water partition coefficient (Wildman–Crippen LogP) is 6.40. The molecule has 0 spiro atoms. The van der Waals surface area contributed by atoms with E-state index in [0.717, 1.165) is 38.6 Å². The van der Waals surface area contributed by atoms with E-state index in [0.29, 0.717) is 62.4 Å². The quantitative estimate of drug-likeness (QED) is 0.200. The van der Waals surface area contributed by atoms with Crippen molar-refractivity contribution in [3.63, 3.8) is 0 Å². The Balaban J connectivity index is 0. The molecule has 7 nitrogen and oxygen atoms in total. The topological polar surface area (TPSA) is 78.0 Å². The van der Waals surface area contributed by atoms with Crippen molar-refractivity contribution >= 4 is 23.6 Å². The molecule has 0 radical (unpaired) electrons. The Kier molecular flexibility index (Phi) is 22.3. The van der Waals surface area contributed by atoms with Crippen LogP contribution in [0.1, 0.15) is 120 Å². The summed E-state index contributed by atoms with van der Waals surface area (Å²) in [4.78, 5) is 53.4. The van der Waals surface area contributed by atoms with Crippen molar-refractivity contribution in [1.82, 2.24) is 14.7 Å². The van der Waals surface area contributed by atoms with Gasteiger partial charge < -0.3 is 4.90 Å². The number of rotatable bonds is 17. The molecule has 0 saturated carbocycles. The van der Waals surface area contributed by atoms with E-state index in [1.807, 2.05) is 27.9 Å². The lowest BCUT2D eigenvalue weighted by atomic mass is 9.94. The molecule has 7 heteroatoms. The lowest BCUT2D eigenvalue weighted by Gasteiger charge is -2.24. The first kappa shape index (κ1) is 38.4. The van der Waals surface area contributed by atoms with Crippen LogP contribution in [-0.4, -0.2) is 72.1 Å². The molecule has 0 aliphatic heterocycles. The Morgan fingerprint density at radius 3 is 1.42 bits per heavy atom. The van der Waals surface area contributed by atoms with Gasteiger partial charge in [-0.15, -0.1) is 0 Å². The minimum absolute atomic E-state index is 0.00749. The summed E-state index contributed by atoms with van der Waals surface area (Å²) in [5.41, 5.74) is 0. The number of carbonyl (C=O) groups excluding carboxylic acids is 4. The van der Waals surface area contributed by atoms with Crippen molar-refractivity contribution in [2.75, 3.05) is 33.7 Å². The maximum Gasteiger partial charge on any atom is 0.229 e. The number of hydrogen-bond acceptors (Lipinski definition) is 5. The molecule has 0 bridgehead atoms. The van der Waals surface area contributed by atoms with E-state index in [2.05, 4.69) is 53.4 Å². The van der Waals surface area contributed by atoms with Gasteiger partial charge in [-0.3, -0.25) is 29.0 Å². The largest absolute Gasteiger partial charge is 0.309 e. The van der Waals surface area contributed by atoms with Crippen LogP contribution in [0.2, 0.25) is 0 Å². The van der Waals surface area contributed by atoms with E-state index in [1.54, 1.807) is 0 Å². The Hall–Kier alpha value is -1.76. The molecule has 0 saturated heterocycles. The van der Waals surface area contributed by atoms with E-state index in [4.69, 9.17) is 0 Å². The average molecular weight is 540 g/mol. The number of hydrogen-bond donors (Lipinski definition) is 0. The molecule has 0 N–H and O–H groups in total. The van der Waals surface area contributed by atoms with Crippen LogP contribution in [0.3, 0.4) is 0 Å². The van der Waals surface area contributed by atoms with Crippen LogP contribution in [0.15, 0.2) is 0 Å². The monoisotopic (exact) mass is 539 g/mol. The van der Waals surface area contributed by atoms with Crippen LogP contribution >= 0.6 is 0 Å². The molecular formula is C31H61N3O4. The van der Waals surface area contributed by atoms with Crippen LogP contribution in [0.25, 0.3) is 0 Å². The van der Waals surface area contributed by atoms with Crippen molar-refractivity contribution in [1.29, 1.82) is 0 Å². The smallest absolute Gasteiger partial charge is 0.229 e. The third kappa shape index (κ3) is 17.7. The molecule has 2 atom stereocenters. The lowest BCUT2D eigenvalue weighted by molar-refractivity contribution is -0.147. The second-order valence-electron chi connectivity index (χ2n) is 11.7. The second-order valence-corrected chi connectivity index (χ2v) is 11.7. The Labute approximate surface area is 235 Å². The highest BCUT2D eigenvalue weighted by Gasteiger charge is 2.23. The molecule has 0 unspecified atom stereocenters. The fourth-order valence-electron chi connectivity index (χ4n) is 3.68. The Morgan fingerprint density at radius 2 is 1.03 bits per heavy atom. The molecule has 0 aromatic heterocycles. The van der Waals surface area contributed by atoms with Crippen molar-refractivity contribution in [2.45, 2.75) is 120 Å². The standard InChI is InChI=1S/C16H32N2O2.C15H29NO2/c1-7-9-15(19)18(11-8-10-17(5)6)16(20)12-14(4)13(2)3;1-6-8-9-10-14(17)16(7-2)15(18)11-13(5)12(3)4/h13-14H,7-12H2,1-6H3;12-13H,6-11H2,1-5H3/t14-;13-/m11/s1. The predicted molar refractivity (Wildman–Crippen MR) is 159 cm³/mol. The summed E-state index contributed by atoms with van der Waals surface area (Å²) < 4.78 is 0. The average Bonchev–Trinajstić information content (AvgIpc) is 2.82. The van der Waals surface area contributed by atoms with Gasteiger partial charge in [0.1, 0.15) is 0 Å². The summed E-state index contributed by atoms with van der Waals surface area (Å²) in [7, 11) is 4.00. The molecule has 0 aromatic rings. The zero-order chi connectivity index (χ0) is 29.8. The first-order chi connectivity index (χ1) is 17.7. The van der Waals surface area contributed by atoms with Crippen molar-refractivity contribution < 1.29 is 19.2 Å². The van der Waals surface area contributed by atoms with Gasteiger partial charge in [-0.05, 0) is 70.5 Å². The van der Waals surface area contributed by atoms with Gasteiger partial charge in [0, 0.05) is 38.8 Å². The van der Waals surface area contributed by atoms with Gasteiger partial charge in [0.05, 0.1) is 0 Å². The maximum absolute atomic E-state index is 12.3. The van der Waals surface area contributed by atoms with E-state index in [1.165, 1.54) is 9.80 Å². The number of imide groups is 2. The van der Waals surface area contributed by atoms with Gasteiger partial charge in [0.2, 0.25) is 23.6 Å². The van der Waals surface area contributed by atoms with Gasteiger partial charge in [-0.25, -0.2) is 0 Å². The first-order valence-electron chi connectivity index (χ1n) is 15.0. The molecule has 224 valence electrons. The summed E-state index contributed by atoms with van der Waals surface area (Å²) in [6.45, 7) is 20.5. The summed E-state index contributed by atoms with van der Waals surface area (Å²) >= 11 is 0. The van der Waals surface area contributed by atoms with Crippen molar-refractivity contribution in [2.24, 2.45) is 23.7 Å². The van der Waals surface area contributed by atoms with Gasteiger partial charge >= 0.3 is 0 Å². The van der Waals surface area contributed by atoms with Gasteiger partial charge in [-0.2, -0.15) is 0 Å². The van der Waals surface area contributed by atoms with E-state index < -0.39 is 0 Å². The summed E-state index contributed by atoms with van der Waals surface area (Å²) in [5, 5.41) is 0. The molecule has 0 fully saturated rings. The van der Waals surface area contributed by atoms with Crippen molar-refractivity contribution in [3.05, 3.63) is 0 Å². The van der Waals surface area contributed by atoms with Crippen LogP contribution < -0.4 is 0 Å². The van der Waals surface area contributed by atoms with Crippen LogP contribution in [0.4, 0.5) is 0 Å². The number of nitrogens with zero attached hydrogens (tertiary/aromatic N) is 3. The first-order valence-corrected chi connectivity index (χ1v) is 15.0. The van der Waals surface area contributed by atoms with Crippen LogP contribution in [0.5, 0.6) is 0 Å². The minimum atomic E-state index is -0.0211. The Bertz CT molecular complexity index is 676. The lowest BCUT2D eigenvalue weighted by Crippen LogP contribution is -2.39. The second kappa shape index (κ2) is 22.1. The number of unbranched alkanes of at least 4 members (excludes halogenated alkanes) is 2.